The zero-order chi connectivity index (χ0) is 43.5. The number of aromatic amines is 1. The summed E-state index contributed by atoms with van der Waals surface area (Å²) in [5.41, 5.74) is 1.67. The number of likely N-dealkylation sites (tertiary alicyclic amines) is 2. The number of urea groups is 1. The predicted molar refractivity (Wildman–Crippen MR) is 222 cm³/mol. The molecule has 1 aromatic heterocycles. The first-order valence-electron chi connectivity index (χ1n) is 20.4. The first-order chi connectivity index (χ1) is 28.3. The van der Waals surface area contributed by atoms with Crippen molar-refractivity contribution in [2.24, 2.45) is 17.3 Å². The molecule has 0 saturated carbocycles. The molecule has 3 atom stereocenters. The molecule has 2 aliphatic rings. The molecule has 2 saturated heterocycles. The van der Waals surface area contributed by atoms with Crippen molar-refractivity contribution in [3.05, 3.63) is 54.4 Å². The van der Waals surface area contributed by atoms with Crippen molar-refractivity contribution in [3.8, 4) is 16.9 Å². The molecule has 0 radical (unpaired) electrons. The van der Waals surface area contributed by atoms with Crippen LogP contribution in [0.15, 0.2) is 48.5 Å². The zero-order valence-electron chi connectivity index (χ0n) is 35.1. The number of carbonyl (C=O) groups excluding carboxylic acids is 4. The number of hydrogen-bond donors (Lipinski definition) is 5. The fraction of sp³-hybridized carbons (Fsp3) is 0.512. The van der Waals surface area contributed by atoms with Crippen LogP contribution in [0.4, 0.5) is 28.4 Å². The molecule has 0 spiro atoms. The van der Waals surface area contributed by atoms with E-state index in [-0.39, 0.29) is 53.5 Å². The van der Waals surface area contributed by atoms with Crippen molar-refractivity contribution in [1.29, 1.82) is 0 Å². The van der Waals surface area contributed by atoms with Gasteiger partial charge >= 0.3 is 18.5 Å². The van der Waals surface area contributed by atoms with Gasteiger partial charge in [0, 0.05) is 66.9 Å². The van der Waals surface area contributed by atoms with Crippen molar-refractivity contribution in [1.82, 2.24) is 35.7 Å². The molecule has 0 aliphatic carbocycles. The van der Waals surface area contributed by atoms with Gasteiger partial charge in [-0.05, 0) is 66.3 Å². The van der Waals surface area contributed by atoms with E-state index >= 15 is 0 Å². The minimum Gasteiger partial charge on any atom is -0.453 e. The topological polar surface area (TPSA) is 170 Å². The predicted octanol–water partition coefficient (Wildman–Crippen LogP) is 7.32. The number of alkyl halides is 3. The Bertz CT molecular complexity index is 2210. The summed E-state index contributed by atoms with van der Waals surface area (Å²) in [6.07, 6.45) is -3.43. The van der Waals surface area contributed by atoms with Gasteiger partial charge in [-0.1, -0.05) is 59.7 Å². The Morgan fingerprint density at radius 2 is 1.72 bits per heavy atom. The van der Waals surface area contributed by atoms with E-state index in [1.165, 1.54) is 19.2 Å². The van der Waals surface area contributed by atoms with E-state index in [0.717, 1.165) is 29.8 Å². The van der Waals surface area contributed by atoms with Gasteiger partial charge in [0.1, 0.15) is 17.6 Å². The molecular formula is C43H55F3N8O6. The van der Waals surface area contributed by atoms with Crippen LogP contribution >= 0.6 is 0 Å². The molecule has 5 N–H and O–H groups in total. The van der Waals surface area contributed by atoms with Crippen molar-refractivity contribution in [2.45, 2.75) is 85.3 Å². The first kappa shape index (κ1) is 44.0. The number of anilines is 1. The van der Waals surface area contributed by atoms with Gasteiger partial charge in [-0.25, -0.2) is 14.6 Å². The smallest absolute Gasteiger partial charge is 0.453 e. The molecule has 3 aromatic carbocycles. The van der Waals surface area contributed by atoms with Gasteiger partial charge in [0.15, 0.2) is 0 Å². The second kappa shape index (κ2) is 18.0. The first-order valence-corrected chi connectivity index (χ1v) is 20.4. The van der Waals surface area contributed by atoms with E-state index in [9.17, 15) is 32.3 Å². The summed E-state index contributed by atoms with van der Waals surface area (Å²) in [4.78, 5) is 63.1. The van der Waals surface area contributed by atoms with Crippen molar-refractivity contribution in [2.75, 3.05) is 45.2 Å². The zero-order valence-corrected chi connectivity index (χ0v) is 35.1. The normalized spacial score (nSPS) is 18.2. The number of benzene rings is 3. The Balaban J connectivity index is 1.14. The monoisotopic (exact) mass is 836 g/mol. The summed E-state index contributed by atoms with van der Waals surface area (Å²) in [6.45, 7) is 14.0. The Kier molecular flexibility index (Phi) is 13.2. The van der Waals surface area contributed by atoms with E-state index in [0.29, 0.717) is 54.9 Å². The van der Waals surface area contributed by atoms with Crippen LogP contribution < -0.4 is 26.0 Å². The minimum absolute atomic E-state index is 0.112. The van der Waals surface area contributed by atoms with Crippen molar-refractivity contribution in [3.63, 3.8) is 0 Å². The van der Waals surface area contributed by atoms with Gasteiger partial charge in [0.05, 0.1) is 24.2 Å². The molecule has 60 heavy (non-hydrogen) atoms. The van der Waals surface area contributed by atoms with E-state index in [1.54, 1.807) is 23.1 Å². The highest BCUT2D eigenvalue weighted by Crippen LogP contribution is 2.40. The van der Waals surface area contributed by atoms with Crippen molar-refractivity contribution >= 4 is 51.4 Å². The van der Waals surface area contributed by atoms with E-state index in [1.807, 2.05) is 51.7 Å². The second-order valence-corrected chi connectivity index (χ2v) is 17.1. The van der Waals surface area contributed by atoms with Gasteiger partial charge in [-0.2, -0.15) is 0 Å². The average molecular weight is 837 g/mol. The van der Waals surface area contributed by atoms with E-state index in [2.05, 4.69) is 37.9 Å². The number of fused-ring (bicyclic) bond motifs is 3. The number of rotatable bonds is 11. The lowest BCUT2D eigenvalue weighted by atomic mass is 9.93. The Labute approximate surface area is 347 Å². The fourth-order valence-electron chi connectivity index (χ4n) is 8.01. The van der Waals surface area contributed by atoms with Gasteiger partial charge < -0.3 is 45.5 Å². The molecule has 2 fully saturated rings. The lowest BCUT2D eigenvalue weighted by molar-refractivity contribution is -0.274. The number of nitrogens with one attached hydrogen (secondary N) is 5. The van der Waals surface area contributed by atoms with Crippen LogP contribution in [-0.2, 0) is 14.3 Å². The molecule has 2 aliphatic heterocycles. The van der Waals surface area contributed by atoms with Gasteiger partial charge in [-0.15, -0.1) is 13.2 Å². The molecule has 6 rings (SSSR count). The van der Waals surface area contributed by atoms with Gasteiger partial charge in [0.25, 0.3) is 0 Å². The third-order valence-corrected chi connectivity index (χ3v) is 11.0. The lowest BCUT2D eigenvalue weighted by Crippen LogP contribution is -2.51. The number of H-pyrrole nitrogens is 1. The van der Waals surface area contributed by atoms with Crippen LogP contribution in [0.2, 0.25) is 0 Å². The molecule has 14 nitrogen and oxygen atoms in total. The number of halogens is 3. The number of imidazole rings is 1. The number of ether oxygens (including phenoxy) is 2. The summed E-state index contributed by atoms with van der Waals surface area (Å²) in [6, 6.07) is 11.5. The van der Waals surface area contributed by atoms with Gasteiger partial charge in [-0.3, -0.25) is 9.59 Å². The molecule has 17 heteroatoms. The number of piperidine rings is 1. The number of hydrogen-bond acceptors (Lipinski definition) is 8. The lowest BCUT2D eigenvalue weighted by Gasteiger charge is -2.36. The number of nitrogens with zero attached hydrogens (tertiary/aromatic N) is 3. The molecule has 3 unspecified atom stereocenters. The number of amides is 5. The minimum atomic E-state index is -5.00. The molecular weight excluding hydrogens is 782 g/mol. The van der Waals surface area contributed by atoms with Crippen LogP contribution in [0.5, 0.6) is 5.75 Å². The standard InChI is InChI=1S/C43H55F3N8O6/c1-24(2)35(52-41(58)59-7)38(55)54-23-25(3)20-33(54)37-50-32-13-9-27-21-26(8-11-31(27)36(32)51-37)30-12-10-29(22-34(30)60-43(44,45)46)49-40(57)48-17-16-47-28-14-18-53(19-15-28)39(56)42(4,5)6/h8-13,21-22,24-25,28,33,35,47H,14-20,23H2,1-7H3,(H,50,51)(H,52,58)(H2,48,49,57). The third kappa shape index (κ3) is 10.4. The SMILES string of the molecule is COC(=O)NC(C(=O)N1CC(C)CC1c1nc2c(ccc3cc(-c4ccc(NC(=O)NCCNC5CCN(C(=O)C(C)(C)C)CC5)cc4OC(F)(F)F)ccc32)[nH]1)C(C)C. The number of methoxy groups -OCH3 is 1. The number of alkyl carbamates (subject to hydrolysis) is 1. The number of aromatic nitrogens is 2. The van der Waals surface area contributed by atoms with E-state index < -0.39 is 35.7 Å². The second-order valence-electron chi connectivity index (χ2n) is 17.1. The molecule has 3 heterocycles. The summed E-state index contributed by atoms with van der Waals surface area (Å²) in [5.74, 6) is -0.00634. The molecule has 5 amide bonds. The largest absolute Gasteiger partial charge is 0.573 e. The molecule has 0 bridgehead atoms. The summed E-state index contributed by atoms with van der Waals surface area (Å²) >= 11 is 0. The highest BCUT2D eigenvalue weighted by Gasteiger charge is 2.40. The highest BCUT2D eigenvalue weighted by atomic mass is 19.4. The summed E-state index contributed by atoms with van der Waals surface area (Å²) in [5, 5.41) is 12.8. The maximum Gasteiger partial charge on any atom is 0.573 e. The van der Waals surface area contributed by atoms with Gasteiger partial charge in [0.2, 0.25) is 11.8 Å². The Morgan fingerprint density at radius 3 is 2.38 bits per heavy atom. The maximum absolute atomic E-state index is 13.8. The third-order valence-electron chi connectivity index (χ3n) is 11.0. The summed E-state index contributed by atoms with van der Waals surface area (Å²) < 4.78 is 50.4. The summed E-state index contributed by atoms with van der Waals surface area (Å²) in [7, 11) is 1.25. The fourth-order valence-corrected chi connectivity index (χ4v) is 8.01. The van der Waals surface area contributed by atoms with Crippen LogP contribution in [-0.4, -0.2) is 102 Å². The van der Waals surface area contributed by atoms with Crippen LogP contribution in [0.1, 0.15) is 72.7 Å². The quantitative estimate of drug-likeness (QED) is 0.0980. The molecule has 324 valence electrons. The van der Waals surface area contributed by atoms with Crippen LogP contribution in [0.25, 0.3) is 32.9 Å². The average Bonchev–Trinajstić information content (AvgIpc) is 3.81. The van der Waals surface area contributed by atoms with Crippen LogP contribution in [0.3, 0.4) is 0 Å². The van der Waals surface area contributed by atoms with E-state index in [4.69, 9.17) is 9.72 Å². The van der Waals surface area contributed by atoms with Crippen LogP contribution in [0, 0.1) is 17.3 Å². The van der Waals surface area contributed by atoms with Crippen molar-refractivity contribution < 1.29 is 41.8 Å². The Hall–Kier alpha value is -5.58. The molecule has 4 aromatic rings. The highest BCUT2D eigenvalue weighted by molar-refractivity contribution is 6.05. The number of carbonyl (C=O) groups is 4. The maximum atomic E-state index is 13.8. The Morgan fingerprint density at radius 1 is 0.983 bits per heavy atom.